The molecule has 0 fully saturated rings. The van der Waals surface area contributed by atoms with Crippen molar-refractivity contribution in [3.05, 3.63) is 72.3 Å². The predicted octanol–water partition coefficient (Wildman–Crippen LogP) is 3.05. The lowest BCUT2D eigenvalue weighted by molar-refractivity contribution is -0.121. The van der Waals surface area contributed by atoms with Gasteiger partial charge in [0.15, 0.2) is 5.78 Å². The third kappa shape index (κ3) is 4.53. The van der Waals surface area contributed by atoms with Gasteiger partial charge in [0.2, 0.25) is 5.91 Å². The molecule has 0 saturated carbocycles. The molecular weight excluding hydrogens is 314 g/mol. The van der Waals surface area contributed by atoms with Crippen molar-refractivity contribution in [1.82, 2.24) is 14.7 Å². The van der Waals surface area contributed by atoms with Crippen molar-refractivity contribution < 1.29 is 9.59 Å². The summed E-state index contributed by atoms with van der Waals surface area (Å²) < 4.78 is 2.02. The third-order valence-electron chi connectivity index (χ3n) is 4.09. The Morgan fingerprint density at radius 2 is 1.80 bits per heavy atom. The van der Waals surface area contributed by atoms with Crippen LogP contribution in [0.4, 0.5) is 0 Å². The summed E-state index contributed by atoms with van der Waals surface area (Å²) in [6, 6.07) is 15.1. The minimum Gasteiger partial charge on any atom is -0.356 e. The molecule has 1 amide bonds. The van der Waals surface area contributed by atoms with Gasteiger partial charge in [-0.3, -0.25) is 9.59 Å². The van der Waals surface area contributed by atoms with Gasteiger partial charge in [0.05, 0.1) is 11.7 Å². The normalized spacial score (nSPS) is 10.7. The summed E-state index contributed by atoms with van der Waals surface area (Å²) in [5.74, 6) is 0.981. The van der Waals surface area contributed by atoms with Crippen LogP contribution in [0, 0.1) is 0 Å². The number of aromatic nitrogens is 2. The molecule has 0 bridgehead atoms. The molecule has 0 unspecified atom stereocenters. The SMILES string of the molecule is O=C(CCCC(=O)c1ccccc1)NCCc1ncc2ccccn12. The van der Waals surface area contributed by atoms with Crippen LogP contribution in [0.2, 0.25) is 0 Å². The van der Waals surface area contributed by atoms with Crippen LogP contribution in [0.3, 0.4) is 0 Å². The van der Waals surface area contributed by atoms with Gasteiger partial charge in [-0.25, -0.2) is 4.98 Å². The first-order valence-electron chi connectivity index (χ1n) is 8.50. The van der Waals surface area contributed by atoms with E-state index in [9.17, 15) is 9.59 Å². The molecule has 2 aromatic heterocycles. The number of benzene rings is 1. The molecule has 0 aliphatic carbocycles. The van der Waals surface area contributed by atoms with E-state index in [4.69, 9.17) is 0 Å². The van der Waals surface area contributed by atoms with E-state index in [0.29, 0.717) is 37.8 Å². The summed E-state index contributed by atoms with van der Waals surface area (Å²) in [6.45, 7) is 0.541. The van der Waals surface area contributed by atoms with Gasteiger partial charge in [0, 0.05) is 37.6 Å². The van der Waals surface area contributed by atoms with Crippen molar-refractivity contribution in [3.63, 3.8) is 0 Å². The Morgan fingerprint density at radius 3 is 2.64 bits per heavy atom. The van der Waals surface area contributed by atoms with Crippen LogP contribution >= 0.6 is 0 Å². The average molecular weight is 335 g/mol. The quantitative estimate of drug-likeness (QED) is 0.644. The summed E-state index contributed by atoms with van der Waals surface area (Å²) in [6.07, 6.45) is 5.78. The smallest absolute Gasteiger partial charge is 0.220 e. The zero-order chi connectivity index (χ0) is 17.5. The zero-order valence-corrected chi connectivity index (χ0v) is 14.0. The number of Topliss-reactive ketones (excluding diaryl/α,β-unsaturated/α-hetero) is 1. The number of carbonyl (C=O) groups excluding carboxylic acids is 2. The number of amides is 1. The Morgan fingerprint density at radius 1 is 1.00 bits per heavy atom. The van der Waals surface area contributed by atoms with E-state index in [0.717, 1.165) is 11.3 Å². The van der Waals surface area contributed by atoms with E-state index in [-0.39, 0.29) is 11.7 Å². The number of fused-ring (bicyclic) bond motifs is 1. The Balaban J connectivity index is 1.38. The van der Waals surface area contributed by atoms with Crippen LogP contribution in [0.5, 0.6) is 0 Å². The number of hydrogen-bond acceptors (Lipinski definition) is 3. The largest absolute Gasteiger partial charge is 0.356 e. The van der Waals surface area contributed by atoms with Crippen molar-refractivity contribution in [2.24, 2.45) is 0 Å². The van der Waals surface area contributed by atoms with Crippen molar-refractivity contribution in [2.45, 2.75) is 25.7 Å². The van der Waals surface area contributed by atoms with Crippen LogP contribution in [-0.2, 0) is 11.2 Å². The van der Waals surface area contributed by atoms with Crippen LogP contribution in [0.25, 0.3) is 5.52 Å². The maximum Gasteiger partial charge on any atom is 0.220 e. The van der Waals surface area contributed by atoms with E-state index in [1.807, 2.05) is 53.2 Å². The van der Waals surface area contributed by atoms with Crippen LogP contribution in [-0.4, -0.2) is 27.6 Å². The molecule has 3 rings (SSSR count). The van der Waals surface area contributed by atoms with Crippen molar-refractivity contribution in [2.75, 3.05) is 6.54 Å². The maximum atomic E-state index is 12.0. The van der Waals surface area contributed by atoms with Crippen molar-refractivity contribution in [3.8, 4) is 0 Å². The molecule has 0 atom stereocenters. The predicted molar refractivity (Wildman–Crippen MR) is 96.5 cm³/mol. The number of carbonyl (C=O) groups is 2. The minimum absolute atomic E-state index is 0.0262. The Labute approximate surface area is 146 Å². The number of imidazole rings is 1. The van der Waals surface area contributed by atoms with Crippen molar-refractivity contribution >= 4 is 17.2 Å². The number of rotatable bonds is 8. The average Bonchev–Trinajstić information content (AvgIpc) is 3.06. The van der Waals surface area contributed by atoms with Gasteiger partial charge >= 0.3 is 0 Å². The second-order valence-electron chi connectivity index (χ2n) is 5.91. The monoisotopic (exact) mass is 335 g/mol. The first-order chi connectivity index (χ1) is 12.2. The maximum absolute atomic E-state index is 12.0. The minimum atomic E-state index is -0.0262. The second kappa shape index (κ2) is 8.24. The summed E-state index contributed by atoms with van der Waals surface area (Å²) in [5.41, 5.74) is 1.75. The van der Waals surface area contributed by atoms with Gasteiger partial charge in [-0.2, -0.15) is 0 Å². The van der Waals surface area contributed by atoms with Gasteiger partial charge in [-0.1, -0.05) is 36.4 Å². The van der Waals surface area contributed by atoms with E-state index in [1.54, 1.807) is 12.1 Å². The molecule has 0 saturated heterocycles. The van der Waals surface area contributed by atoms with Crippen molar-refractivity contribution in [1.29, 1.82) is 0 Å². The summed E-state index contributed by atoms with van der Waals surface area (Å²) in [5, 5.41) is 2.90. The van der Waals surface area contributed by atoms with Crippen LogP contribution in [0.15, 0.2) is 60.9 Å². The molecule has 2 heterocycles. The summed E-state index contributed by atoms with van der Waals surface area (Å²) in [7, 11) is 0. The van der Waals surface area contributed by atoms with Gasteiger partial charge in [-0.05, 0) is 18.6 Å². The Bertz CT molecular complexity index is 856. The molecular formula is C20H21N3O2. The lowest BCUT2D eigenvalue weighted by Crippen LogP contribution is -2.26. The molecule has 3 aromatic rings. The summed E-state index contributed by atoms with van der Waals surface area (Å²) in [4.78, 5) is 28.3. The van der Waals surface area contributed by atoms with E-state index in [2.05, 4.69) is 10.3 Å². The van der Waals surface area contributed by atoms with Crippen LogP contribution in [0.1, 0.15) is 35.4 Å². The summed E-state index contributed by atoms with van der Waals surface area (Å²) >= 11 is 0. The number of ketones is 1. The highest BCUT2D eigenvalue weighted by Crippen LogP contribution is 2.08. The number of nitrogens with one attached hydrogen (secondary N) is 1. The topological polar surface area (TPSA) is 63.5 Å². The zero-order valence-electron chi connectivity index (χ0n) is 14.0. The van der Waals surface area contributed by atoms with E-state index >= 15 is 0 Å². The second-order valence-corrected chi connectivity index (χ2v) is 5.91. The Kier molecular flexibility index (Phi) is 5.57. The number of hydrogen-bond donors (Lipinski definition) is 1. The first kappa shape index (κ1) is 16.9. The highest BCUT2D eigenvalue weighted by Gasteiger charge is 2.08. The molecule has 0 spiro atoms. The molecule has 0 aliphatic heterocycles. The Hall–Kier alpha value is -2.95. The number of nitrogens with zero attached hydrogens (tertiary/aromatic N) is 2. The lowest BCUT2D eigenvalue weighted by atomic mass is 10.1. The molecule has 1 N–H and O–H groups in total. The fourth-order valence-electron chi connectivity index (χ4n) is 2.76. The lowest BCUT2D eigenvalue weighted by Gasteiger charge is -2.05. The third-order valence-corrected chi connectivity index (χ3v) is 4.09. The molecule has 5 nitrogen and oxygen atoms in total. The van der Waals surface area contributed by atoms with Gasteiger partial charge in [-0.15, -0.1) is 0 Å². The number of pyridine rings is 1. The van der Waals surface area contributed by atoms with Gasteiger partial charge in [0.25, 0.3) is 0 Å². The molecule has 128 valence electrons. The highest BCUT2D eigenvalue weighted by atomic mass is 16.1. The molecule has 1 aromatic carbocycles. The fraction of sp³-hybridized carbons (Fsp3) is 0.250. The highest BCUT2D eigenvalue weighted by molar-refractivity contribution is 5.96. The van der Waals surface area contributed by atoms with E-state index in [1.165, 1.54) is 0 Å². The van der Waals surface area contributed by atoms with Gasteiger partial charge in [0.1, 0.15) is 5.82 Å². The first-order valence-corrected chi connectivity index (χ1v) is 8.50. The van der Waals surface area contributed by atoms with E-state index < -0.39 is 0 Å². The molecule has 5 heteroatoms. The van der Waals surface area contributed by atoms with Crippen LogP contribution < -0.4 is 5.32 Å². The fourth-order valence-corrected chi connectivity index (χ4v) is 2.76. The molecule has 25 heavy (non-hydrogen) atoms. The van der Waals surface area contributed by atoms with Gasteiger partial charge < -0.3 is 9.72 Å². The molecule has 0 radical (unpaired) electrons. The molecule has 0 aliphatic rings. The standard InChI is InChI=1S/C20H21N3O2/c24-18(16-7-2-1-3-8-16)10-6-11-20(25)21-13-12-19-22-15-17-9-4-5-14-23(17)19/h1-5,7-9,14-15H,6,10-13H2,(H,21,25).